The number of anilines is 2. The normalized spacial score (nSPS) is 15.8. The molecule has 1 aliphatic heterocycles. The van der Waals surface area contributed by atoms with E-state index in [1.807, 2.05) is 25.1 Å². The van der Waals surface area contributed by atoms with Crippen molar-refractivity contribution in [3.8, 4) is 11.5 Å². The molecule has 1 heterocycles. The van der Waals surface area contributed by atoms with Crippen molar-refractivity contribution in [2.24, 2.45) is 0 Å². The molecular formula is C21H27ClN3O3+. The largest absolute Gasteiger partial charge is 0.497 e. The number of ether oxygens (including phenoxy) is 2. The average molecular weight is 405 g/mol. The lowest BCUT2D eigenvalue weighted by Crippen LogP contribution is -3.19. The van der Waals surface area contributed by atoms with Gasteiger partial charge in [-0.3, -0.25) is 4.79 Å². The van der Waals surface area contributed by atoms with Crippen LogP contribution < -0.4 is 24.6 Å². The summed E-state index contributed by atoms with van der Waals surface area (Å²) in [6.07, 6.45) is 0. The summed E-state index contributed by atoms with van der Waals surface area (Å²) < 4.78 is 10.6. The molecule has 2 N–H and O–H groups in total. The Balaban J connectivity index is 1.59. The van der Waals surface area contributed by atoms with Gasteiger partial charge in [0.15, 0.2) is 6.04 Å². The molecule has 1 amide bonds. The van der Waals surface area contributed by atoms with Crippen molar-refractivity contribution in [3.05, 3.63) is 47.5 Å². The van der Waals surface area contributed by atoms with Crippen molar-refractivity contribution >= 4 is 28.9 Å². The number of hydrogen-bond acceptors (Lipinski definition) is 4. The number of rotatable bonds is 6. The summed E-state index contributed by atoms with van der Waals surface area (Å²) in [5, 5.41) is 3.52. The van der Waals surface area contributed by atoms with E-state index in [0.717, 1.165) is 37.6 Å². The second kappa shape index (κ2) is 9.17. The fourth-order valence-corrected chi connectivity index (χ4v) is 3.67. The molecule has 1 fully saturated rings. The number of methoxy groups -OCH3 is 2. The van der Waals surface area contributed by atoms with E-state index in [1.165, 1.54) is 4.90 Å². The van der Waals surface area contributed by atoms with Crippen molar-refractivity contribution in [3.63, 3.8) is 0 Å². The first-order valence-corrected chi connectivity index (χ1v) is 9.77. The van der Waals surface area contributed by atoms with Crippen LogP contribution in [0.1, 0.15) is 6.92 Å². The van der Waals surface area contributed by atoms with E-state index < -0.39 is 0 Å². The van der Waals surface area contributed by atoms with Gasteiger partial charge in [-0.15, -0.1) is 0 Å². The second-order valence-corrected chi connectivity index (χ2v) is 7.34. The van der Waals surface area contributed by atoms with Crippen molar-refractivity contribution in [1.82, 2.24) is 0 Å². The van der Waals surface area contributed by atoms with E-state index in [1.54, 1.807) is 32.4 Å². The van der Waals surface area contributed by atoms with Crippen LogP contribution in [0.3, 0.4) is 0 Å². The molecule has 1 atom stereocenters. The van der Waals surface area contributed by atoms with E-state index in [9.17, 15) is 4.79 Å². The Hall–Kier alpha value is -2.44. The van der Waals surface area contributed by atoms with Gasteiger partial charge in [0.2, 0.25) is 0 Å². The maximum atomic E-state index is 12.8. The van der Waals surface area contributed by atoms with Crippen LogP contribution in [0, 0.1) is 0 Å². The Bertz CT molecular complexity index is 822. The van der Waals surface area contributed by atoms with Crippen LogP contribution >= 0.6 is 11.6 Å². The first-order valence-electron chi connectivity index (χ1n) is 9.40. The number of carbonyl (C=O) groups excluding carboxylic acids is 1. The highest BCUT2D eigenvalue weighted by Crippen LogP contribution is 2.27. The number of halogens is 1. The van der Waals surface area contributed by atoms with Crippen LogP contribution in [-0.2, 0) is 4.79 Å². The topological polar surface area (TPSA) is 55.2 Å². The molecule has 2 aromatic carbocycles. The zero-order valence-electron chi connectivity index (χ0n) is 16.5. The highest BCUT2D eigenvalue weighted by atomic mass is 35.5. The minimum atomic E-state index is -0.170. The van der Waals surface area contributed by atoms with Gasteiger partial charge < -0.3 is 24.6 Å². The minimum absolute atomic E-state index is 0.0367. The third-order valence-corrected chi connectivity index (χ3v) is 5.48. The number of amides is 1. The summed E-state index contributed by atoms with van der Waals surface area (Å²) in [5.41, 5.74) is 1.75. The van der Waals surface area contributed by atoms with E-state index in [-0.39, 0.29) is 11.9 Å². The molecule has 0 radical (unpaired) electrons. The summed E-state index contributed by atoms with van der Waals surface area (Å²) in [6, 6.07) is 13.1. The Morgan fingerprint density at radius 2 is 1.89 bits per heavy atom. The fourth-order valence-electron chi connectivity index (χ4n) is 3.50. The predicted molar refractivity (Wildman–Crippen MR) is 112 cm³/mol. The molecule has 2 aromatic rings. The summed E-state index contributed by atoms with van der Waals surface area (Å²) in [6.45, 7) is 5.51. The molecule has 3 rings (SSSR count). The Morgan fingerprint density at radius 1 is 1.14 bits per heavy atom. The van der Waals surface area contributed by atoms with Gasteiger partial charge in [0.1, 0.15) is 11.5 Å². The summed E-state index contributed by atoms with van der Waals surface area (Å²) in [7, 11) is 3.25. The van der Waals surface area contributed by atoms with Gasteiger partial charge in [-0.1, -0.05) is 17.7 Å². The lowest BCUT2D eigenvalue weighted by Gasteiger charge is -2.36. The number of piperazine rings is 1. The molecule has 6 nitrogen and oxygen atoms in total. The number of nitrogens with zero attached hydrogens (tertiary/aromatic N) is 1. The van der Waals surface area contributed by atoms with E-state index in [0.29, 0.717) is 16.5 Å². The zero-order valence-corrected chi connectivity index (χ0v) is 17.3. The third-order valence-electron chi connectivity index (χ3n) is 5.25. The van der Waals surface area contributed by atoms with Gasteiger partial charge in [0.05, 0.1) is 46.1 Å². The van der Waals surface area contributed by atoms with Crippen LogP contribution in [0.4, 0.5) is 11.4 Å². The van der Waals surface area contributed by atoms with Gasteiger partial charge in [0, 0.05) is 16.8 Å². The molecule has 7 heteroatoms. The number of carbonyl (C=O) groups is 1. The minimum Gasteiger partial charge on any atom is -0.497 e. The second-order valence-electron chi connectivity index (χ2n) is 6.90. The molecule has 0 aromatic heterocycles. The summed E-state index contributed by atoms with van der Waals surface area (Å²) >= 11 is 6.05. The molecule has 0 saturated carbocycles. The molecule has 28 heavy (non-hydrogen) atoms. The molecule has 1 aliphatic rings. The average Bonchev–Trinajstić information content (AvgIpc) is 2.73. The molecule has 1 saturated heterocycles. The van der Waals surface area contributed by atoms with Crippen molar-refractivity contribution < 1.29 is 19.2 Å². The fraction of sp³-hybridized carbons (Fsp3) is 0.381. The summed E-state index contributed by atoms with van der Waals surface area (Å²) in [5.74, 6) is 1.42. The SMILES string of the molecule is COc1cccc(N2CC[NH+]([C@H](C)C(=O)Nc3cc(Cl)ccc3OC)CC2)c1. The van der Waals surface area contributed by atoms with E-state index in [4.69, 9.17) is 21.1 Å². The summed E-state index contributed by atoms with van der Waals surface area (Å²) in [4.78, 5) is 16.4. The van der Waals surface area contributed by atoms with Crippen LogP contribution in [0.25, 0.3) is 0 Å². The first-order chi connectivity index (χ1) is 13.5. The van der Waals surface area contributed by atoms with E-state index in [2.05, 4.69) is 16.3 Å². The van der Waals surface area contributed by atoms with Crippen LogP contribution in [0.5, 0.6) is 11.5 Å². The predicted octanol–water partition coefficient (Wildman–Crippen LogP) is 2.09. The number of quaternary nitrogens is 1. The first kappa shape index (κ1) is 20.3. The quantitative estimate of drug-likeness (QED) is 0.774. The molecule has 0 unspecified atom stereocenters. The maximum absolute atomic E-state index is 12.8. The van der Waals surface area contributed by atoms with E-state index >= 15 is 0 Å². The van der Waals surface area contributed by atoms with Crippen molar-refractivity contribution in [2.45, 2.75) is 13.0 Å². The number of hydrogen-bond donors (Lipinski definition) is 2. The Morgan fingerprint density at radius 3 is 2.57 bits per heavy atom. The van der Waals surface area contributed by atoms with Crippen molar-refractivity contribution in [1.29, 1.82) is 0 Å². The standard InChI is InChI=1S/C21H26ClN3O3/c1-15(21(26)23-19-13-16(22)7-8-20(19)28-3)24-9-11-25(12-10-24)17-5-4-6-18(14-17)27-2/h4-8,13-15H,9-12H2,1-3H3,(H,23,26)/p+1/t15-/m1/s1. The molecule has 0 aliphatic carbocycles. The Kier molecular flexibility index (Phi) is 6.65. The third kappa shape index (κ3) is 4.69. The highest BCUT2D eigenvalue weighted by Gasteiger charge is 2.29. The lowest BCUT2D eigenvalue weighted by atomic mass is 10.2. The number of benzene rings is 2. The van der Waals surface area contributed by atoms with Crippen LogP contribution in [0.15, 0.2) is 42.5 Å². The highest BCUT2D eigenvalue weighted by molar-refractivity contribution is 6.31. The van der Waals surface area contributed by atoms with Gasteiger partial charge >= 0.3 is 0 Å². The van der Waals surface area contributed by atoms with Gasteiger partial charge in [-0.25, -0.2) is 0 Å². The van der Waals surface area contributed by atoms with Crippen molar-refractivity contribution in [2.75, 3.05) is 50.6 Å². The lowest BCUT2D eigenvalue weighted by molar-refractivity contribution is -0.914. The van der Waals surface area contributed by atoms with Crippen LogP contribution in [-0.4, -0.2) is 52.3 Å². The number of nitrogens with one attached hydrogen (secondary N) is 2. The van der Waals surface area contributed by atoms with Gasteiger partial charge in [-0.05, 0) is 37.3 Å². The molecular weight excluding hydrogens is 378 g/mol. The molecule has 0 spiro atoms. The monoisotopic (exact) mass is 404 g/mol. The van der Waals surface area contributed by atoms with Gasteiger partial charge in [-0.2, -0.15) is 0 Å². The molecule has 150 valence electrons. The van der Waals surface area contributed by atoms with Gasteiger partial charge in [0.25, 0.3) is 5.91 Å². The Labute approximate surface area is 171 Å². The molecule has 0 bridgehead atoms. The zero-order chi connectivity index (χ0) is 20.1. The smallest absolute Gasteiger partial charge is 0.282 e. The van der Waals surface area contributed by atoms with Crippen LogP contribution in [0.2, 0.25) is 5.02 Å². The maximum Gasteiger partial charge on any atom is 0.282 e.